The number of hydrazone groups is 1. The summed E-state index contributed by atoms with van der Waals surface area (Å²) in [6.45, 7) is -0.256. The van der Waals surface area contributed by atoms with E-state index in [-0.39, 0.29) is 6.61 Å². The lowest BCUT2D eigenvalue weighted by Gasteiger charge is -2.06. The Labute approximate surface area is 143 Å². The Morgan fingerprint density at radius 2 is 1.96 bits per heavy atom. The second-order valence-corrected chi connectivity index (χ2v) is 5.04. The lowest BCUT2D eigenvalue weighted by molar-refractivity contribution is -0.119. The number of benzene rings is 2. The number of ether oxygens (including phenoxy) is 1. The van der Waals surface area contributed by atoms with Crippen LogP contribution in [0.4, 0.5) is 10.5 Å². The molecular formula is C16H15ClN4O3. The third-order valence-corrected chi connectivity index (χ3v) is 3.03. The van der Waals surface area contributed by atoms with Gasteiger partial charge in [-0.2, -0.15) is 5.10 Å². The topological polar surface area (TPSA) is 106 Å². The fraction of sp³-hybridized carbons (Fsp3) is 0.0625. The highest BCUT2D eigenvalue weighted by Crippen LogP contribution is 2.24. The number of hydrogen-bond acceptors (Lipinski definition) is 4. The molecule has 7 nitrogen and oxygen atoms in total. The molecule has 2 aromatic rings. The molecule has 0 aliphatic heterocycles. The van der Waals surface area contributed by atoms with Gasteiger partial charge in [0.15, 0.2) is 6.61 Å². The van der Waals surface area contributed by atoms with E-state index in [4.69, 9.17) is 22.1 Å². The summed E-state index contributed by atoms with van der Waals surface area (Å²) < 4.78 is 5.13. The van der Waals surface area contributed by atoms with E-state index in [2.05, 4.69) is 15.8 Å². The van der Waals surface area contributed by atoms with Crippen LogP contribution in [0.25, 0.3) is 0 Å². The summed E-state index contributed by atoms with van der Waals surface area (Å²) in [5.41, 5.74) is 8.63. The monoisotopic (exact) mass is 346 g/mol. The summed E-state index contributed by atoms with van der Waals surface area (Å²) in [7, 11) is 0. The number of anilines is 1. The average molecular weight is 347 g/mol. The van der Waals surface area contributed by atoms with Gasteiger partial charge in [-0.05, 0) is 35.9 Å². The van der Waals surface area contributed by atoms with Crippen molar-refractivity contribution < 1.29 is 14.3 Å². The normalized spacial score (nSPS) is 10.4. The van der Waals surface area contributed by atoms with Gasteiger partial charge in [0, 0.05) is 5.69 Å². The molecule has 0 saturated carbocycles. The first-order valence-electron chi connectivity index (χ1n) is 6.90. The van der Waals surface area contributed by atoms with E-state index in [1.165, 1.54) is 6.21 Å². The van der Waals surface area contributed by atoms with E-state index in [0.29, 0.717) is 22.0 Å². The minimum atomic E-state index is -0.592. The molecule has 0 unspecified atom stereocenters. The summed E-state index contributed by atoms with van der Waals surface area (Å²) in [5, 5.41) is 6.74. The molecule has 0 fully saturated rings. The van der Waals surface area contributed by atoms with E-state index in [9.17, 15) is 9.59 Å². The molecule has 0 bridgehead atoms. The molecule has 3 amide bonds. The molecule has 0 spiro atoms. The number of halogens is 1. The number of urea groups is 1. The molecule has 8 heteroatoms. The highest BCUT2D eigenvalue weighted by molar-refractivity contribution is 6.32. The van der Waals surface area contributed by atoms with Crippen molar-refractivity contribution in [3.63, 3.8) is 0 Å². The fourth-order valence-corrected chi connectivity index (χ4v) is 1.95. The fourth-order valence-electron chi connectivity index (χ4n) is 1.71. The summed E-state index contributed by atoms with van der Waals surface area (Å²) >= 11 is 6.02. The lowest BCUT2D eigenvalue weighted by atomic mass is 10.2. The summed E-state index contributed by atoms with van der Waals surface area (Å²) in [6, 6.07) is 13.3. The molecule has 0 aromatic heterocycles. The molecule has 0 heterocycles. The predicted octanol–water partition coefficient (Wildman–Crippen LogP) is 2.36. The Hall–Kier alpha value is -3.06. The molecule has 0 radical (unpaired) electrons. The number of rotatable bonds is 6. The number of primary amides is 1. The van der Waals surface area contributed by atoms with Crippen LogP contribution in [0.5, 0.6) is 5.75 Å². The van der Waals surface area contributed by atoms with Crippen LogP contribution in [0.15, 0.2) is 53.6 Å². The van der Waals surface area contributed by atoms with E-state index in [1.54, 1.807) is 30.3 Å². The number of nitrogens with zero attached hydrogens (tertiary/aromatic N) is 1. The standard InChI is InChI=1S/C16H15ClN4O3/c17-13-8-11(6-7-14(13)24-10-15(18)22)9-19-21-16(23)20-12-4-2-1-3-5-12/h1-9H,10H2,(H2,18,22)(H2,20,21,23). The number of hydrogen-bond donors (Lipinski definition) is 3. The smallest absolute Gasteiger partial charge is 0.339 e. The van der Waals surface area contributed by atoms with Crippen molar-refractivity contribution in [2.45, 2.75) is 0 Å². The Kier molecular flexibility index (Phi) is 6.16. The van der Waals surface area contributed by atoms with Crippen LogP contribution >= 0.6 is 11.6 Å². The van der Waals surface area contributed by atoms with Gasteiger partial charge in [0.05, 0.1) is 11.2 Å². The quantitative estimate of drug-likeness (QED) is 0.552. The molecule has 0 aliphatic rings. The Bertz CT molecular complexity index is 750. The second kappa shape index (κ2) is 8.54. The maximum atomic E-state index is 11.6. The summed E-state index contributed by atoms with van der Waals surface area (Å²) in [4.78, 5) is 22.3. The van der Waals surface area contributed by atoms with Gasteiger partial charge in [-0.1, -0.05) is 29.8 Å². The predicted molar refractivity (Wildman–Crippen MR) is 92.3 cm³/mol. The van der Waals surface area contributed by atoms with Crippen molar-refractivity contribution in [1.29, 1.82) is 0 Å². The maximum absolute atomic E-state index is 11.6. The number of carbonyl (C=O) groups excluding carboxylic acids is 2. The van der Waals surface area contributed by atoms with Gasteiger partial charge in [0.25, 0.3) is 5.91 Å². The first-order chi connectivity index (χ1) is 11.5. The maximum Gasteiger partial charge on any atom is 0.339 e. The van der Waals surface area contributed by atoms with E-state index in [0.717, 1.165) is 0 Å². The van der Waals surface area contributed by atoms with Gasteiger partial charge in [-0.15, -0.1) is 0 Å². The number of para-hydroxylation sites is 1. The van der Waals surface area contributed by atoms with Gasteiger partial charge in [0.1, 0.15) is 5.75 Å². The first kappa shape index (κ1) is 17.3. The second-order valence-electron chi connectivity index (χ2n) is 4.63. The van der Waals surface area contributed by atoms with Gasteiger partial charge in [-0.3, -0.25) is 4.79 Å². The molecule has 2 aromatic carbocycles. The number of amides is 3. The third kappa shape index (κ3) is 5.62. The van der Waals surface area contributed by atoms with Crippen molar-refractivity contribution in [1.82, 2.24) is 5.43 Å². The lowest BCUT2D eigenvalue weighted by Crippen LogP contribution is -2.24. The third-order valence-electron chi connectivity index (χ3n) is 2.74. The summed E-state index contributed by atoms with van der Waals surface area (Å²) in [5.74, 6) is -0.257. The molecule has 0 atom stereocenters. The Morgan fingerprint density at radius 1 is 1.21 bits per heavy atom. The van der Waals surface area contributed by atoms with Crippen LogP contribution < -0.4 is 21.2 Å². The van der Waals surface area contributed by atoms with E-state index >= 15 is 0 Å². The van der Waals surface area contributed by atoms with Crippen LogP contribution in [0.2, 0.25) is 5.02 Å². The van der Waals surface area contributed by atoms with Gasteiger partial charge < -0.3 is 15.8 Å². The van der Waals surface area contributed by atoms with Crippen molar-refractivity contribution in [2.75, 3.05) is 11.9 Å². The number of nitrogens with two attached hydrogens (primary N) is 1. The molecule has 0 aliphatic carbocycles. The Balaban J connectivity index is 1.88. The molecule has 124 valence electrons. The van der Waals surface area contributed by atoms with E-state index < -0.39 is 11.9 Å². The molecule has 2 rings (SSSR count). The minimum absolute atomic E-state index is 0.256. The van der Waals surface area contributed by atoms with Crippen LogP contribution in [0, 0.1) is 0 Å². The average Bonchev–Trinajstić information content (AvgIpc) is 2.55. The van der Waals surface area contributed by atoms with Crippen LogP contribution in [-0.4, -0.2) is 24.8 Å². The SMILES string of the molecule is NC(=O)COc1ccc(C=NNC(=O)Nc2ccccc2)cc1Cl. The highest BCUT2D eigenvalue weighted by atomic mass is 35.5. The molecule has 4 N–H and O–H groups in total. The van der Waals surface area contributed by atoms with Crippen LogP contribution in [-0.2, 0) is 4.79 Å². The highest BCUT2D eigenvalue weighted by Gasteiger charge is 2.04. The van der Waals surface area contributed by atoms with Gasteiger partial charge in [-0.25, -0.2) is 10.2 Å². The molecule has 0 saturated heterocycles. The zero-order valence-electron chi connectivity index (χ0n) is 12.5. The summed E-state index contributed by atoms with van der Waals surface area (Å²) in [6.07, 6.45) is 1.42. The number of nitrogens with one attached hydrogen (secondary N) is 2. The van der Waals surface area contributed by atoms with Crippen molar-refractivity contribution in [3.8, 4) is 5.75 Å². The zero-order valence-corrected chi connectivity index (χ0v) is 13.3. The van der Waals surface area contributed by atoms with Crippen molar-refractivity contribution >= 4 is 35.4 Å². The molecular weight excluding hydrogens is 332 g/mol. The Morgan fingerprint density at radius 3 is 2.62 bits per heavy atom. The minimum Gasteiger partial charge on any atom is -0.482 e. The van der Waals surface area contributed by atoms with Crippen molar-refractivity contribution in [3.05, 3.63) is 59.1 Å². The van der Waals surface area contributed by atoms with E-state index in [1.807, 2.05) is 18.2 Å². The van der Waals surface area contributed by atoms with Crippen LogP contribution in [0.3, 0.4) is 0 Å². The van der Waals surface area contributed by atoms with Gasteiger partial charge in [0.2, 0.25) is 0 Å². The largest absolute Gasteiger partial charge is 0.482 e. The van der Waals surface area contributed by atoms with Crippen LogP contribution in [0.1, 0.15) is 5.56 Å². The molecule has 24 heavy (non-hydrogen) atoms. The number of carbonyl (C=O) groups is 2. The zero-order chi connectivity index (χ0) is 17.4. The van der Waals surface area contributed by atoms with Crippen molar-refractivity contribution in [2.24, 2.45) is 10.8 Å². The first-order valence-corrected chi connectivity index (χ1v) is 7.28. The van der Waals surface area contributed by atoms with Gasteiger partial charge >= 0.3 is 6.03 Å².